The van der Waals surface area contributed by atoms with Crippen LogP contribution in [0.5, 0.6) is 0 Å². The van der Waals surface area contributed by atoms with Gasteiger partial charge < -0.3 is 33.8 Å². The molecule has 0 spiro atoms. The van der Waals surface area contributed by atoms with Gasteiger partial charge in [0.15, 0.2) is 12.2 Å². The number of phosphoric acid groups is 2. The fourth-order valence-corrected chi connectivity index (χ4v) is 14.3. The van der Waals surface area contributed by atoms with Crippen molar-refractivity contribution in [3.8, 4) is 0 Å². The molecule has 0 fully saturated rings. The molecule has 0 aliphatic rings. The van der Waals surface area contributed by atoms with Crippen LogP contribution in [-0.4, -0.2) is 96.7 Å². The number of phosphoric ester groups is 2. The highest BCUT2D eigenvalue weighted by Gasteiger charge is 2.30. The number of aliphatic hydroxyl groups excluding tert-OH is 1. The first kappa shape index (κ1) is 99.1. The maximum absolute atomic E-state index is 13.1. The van der Waals surface area contributed by atoms with E-state index in [1.807, 2.05) is 0 Å². The monoisotopic (exact) mass is 1480 g/mol. The highest BCUT2D eigenvalue weighted by atomic mass is 31.2. The Kier molecular flexibility index (Phi) is 72.2. The van der Waals surface area contributed by atoms with Crippen molar-refractivity contribution < 1.29 is 80.2 Å². The van der Waals surface area contributed by atoms with Crippen LogP contribution in [-0.2, 0) is 65.4 Å². The van der Waals surface area contributed by atoms with Gasteiger partial charge in [0.05, 0.1) is 26.4 Å². The molecular weight excluding hydrogens is 1320 g/mol. The van der Waals surface area contributed by atoms with Gasteiger partial charge in [0.2, 0.25) is 0 Å². The van der Waals surface area contributed by atoms with E-state index in [1.165, 1.54) is 250 Å². The molecule has 600 valence electrons. The third-order valence-corrected chi connectivity index (χ3v) is 21.5. The number of hydrogen-bond donors (Lipinski definition) is 3. The first-order valence-electron chi connectivity index (χ1n) is 42.5. The molecule has 0 saturated heterocycles. The molecule has 0 saturated carbocycles. The van der Waals surface area contributed by atoms with Gasteiger partial charge in [-0.25, -0.2) is 9.13 Å². The Bertz CT molecular complexity index is 1940. The van der Waals surface area contributed by atoms with E-state index in [1.54, 1.807) is 0 Å². The van der Waals surface area contributed by atoms with E-state index in [2.05, 4.69) is 41.5 Å². The summed E-state index contributed by atoms with van der Waals surface area (Å²) in [5.41, 5.74) is 0. The van der Waals surface area contributed by atoms with Gasteiger partial charge in [-0.1, -0.05) is 382 Å². The molecule has 6 atom stereocenters. The lowest BCUT2D eigenvalue weighted by molar-refractivity contribution is -0.161. The van der Waals surface area contributed by atoms with Crippen LogP contribution in [0.2, 0.25) is 0 Å². The van der Waals surface area contributed by atoms with Crippen molar-refractivity contribution >= 4 is 39.5 Å². The van der Waals surface area contributed by atoms with E-state index in [0.717, 1.165) is 102 Å². The third kappa shape index (κ3) is 74.7. The van der Waals surface area contributed by atoms with Crippen LogP contribution >= 0.6 is 15.6 Å². The fourth-order valence-electron chi connectivity index (χ4n) is 12.7. The number of carbonyl (C=O) groups excluding carboxylic acids is 4. The molecule has 3 unspecified atom stereocenters. The number of unbranched alkanes of at least 4 members (excludes halogenated alkanes) is 50. The summed E-state index contributed by atoms with van der Waals surface area (Å²) >= 11 is 0. The molecule has 0 aromatic heterocycles. The Morgan fingerprint density at radius 3 is 0.752 bits per heavy atom. The number of esters is 4. The number of aliphatic hydroxyl groups is 1. The number of ether oxygens (including phenoxy) is 4. The van der Waals surface area contributed by atoms with Crippen molar-refractivity contribution in [1.82, 2.24) is 0 Å². The van der Waals surface area contributed by atoms with Crippen LogP contribution in [0.3, 0.4) is 0 Å². The van der Waals surface area contributed by atoms with Crippen molar-refractivity contribution in [3.63, 3.8) is 0 Å². The van der Waals surface area contributed by atoms with Crippen molar-refractivity contribution in [2.75, 3.05) is 39.6 Å². The molecule has 0 aliphatic heterocycles. The zero-order valence-corrected chi connectivity index (χ0v) is 68.0. The topological polar surface area (TPSA) is 237 Å². The summed E-state index contributed by atoms with van der Waals surface area (Å²) in [6, 6.07) is 0. The lowest BCUT2D eigenvalue weighted by atomic mass is 9.99. The third-order valence-electron chi connectivity index (χ3n) is 19.6. The minimum atomic E-state index is -4.96. The van der Waals surface area contributed by atoms with Gasteiger partial charge in [0.25, 0.3) is 0 Å². The number of rotatable bonds is 81. The molecule has 0 bridgehead atoms. The van der Waals surface area contributed by atoms with Crippen LogP contribution in [0.4, 0.5) is 0 Å². The van der Waals surface area contributed by atoms with Crippen LogP contribution in [0, 0.1) is 11.8 Å². The number of carbonyl (C=O) groups is 4. The average molecular weight is 1480 g/mol. The van der Waals surface area contributed by atoms with Gasteiger partial charge in [-0.3, -0.25) is 37.3 Å². The fraction of sp³-hybridized carbons (Fsp3) is 0.951. The Labute approximate surface area is 619 Å². The molecule has 101 heavy (non-hydrogen) atoms. The van der Waals surface area contributed by atoms with E-state index in [9.17, 15) is 43.2 Å². The summed E-state index contributed by atoms with van der Waals surface area (Å²) in [5.74, 6) is -0.579. The maximum Gasteiger partial charge on any atom is 0.472 e. The Morgan fingerprint density at radius 1 is 0.287 bits per heavy atom. The van der Waals surface area contributed by atoms with Crippen molar-refractivity contribution in [2.24, 2.45) is 11.8 Å². The molecule has 0 radical (unpaired) electrons. The second-order valence-electron chi connectivity index (χ2n) is 30.2. The lowest BCUT2D eigenvalue weighted by Gasteiger charge is -2.21. The molecule has 0 aromatic carbocycles. The molecule has 0 amide bonds. The summed E-state index contributed by atoms with van der Waals surface area (Å²) in [7, 11) is -9.92. The predicted molar refractivity (Wildman–Crippen MR) is 414 cm³/mol. The second-order valence-corrected chi connectivity index (χ2v) is 33.1. The molecule has 0 aliphatic carbocycles. The lowest BCUT2D eigenvalue weighted by Crippen LogP contribution is -2.30. The van der Waals surface area contributed by atoms with Crippen LogP contribution in [0.15, 0.2) is 0 Å². The number of hydrogen-bond acceptors (Lipinski definition) is 15. The standard InChI is InChI=1S/C82H160O17P2/c1-7-10-12-14-16-18-20-22-24-25-26-27-28-29-30-31-33-35-40-48-54-60-66-81(86)98-77(70-92-79(84)64-58-52-46-39-34-32-23-21-19-17-15-13-11-8-2)72-96-100(88,89)94-68-76(83)69-95-101(90,91)97-73-78(71-93-80(85)65-59-53-47-43-42-45-51-57-63-75(6)9-3)99-82(87)67-61-55-49-41-37-36-38-44-50-56-62-74(4)5/h74-78,83H,7-73H2,1-6H3,(H,88,89)(H,90,91)/t75?,76-,77-,78-/m1/s1. The van der Waals surface area contributed by atoms with Crippen LogP contribution in [0.1, 0.15) is 433 Å². The minimum absolute atomic E-state index is 0.106. The molecule has 19 heteroatoms. The predicted octanol–water partition coefficient (Wildman–Crippen LogP) is 24.7. The van der Waals surface area contributed by atoms with Crippen molar-refractivity contribution in [2.45, 2.75) is 452 Å². The highest BCUT2D eigenvalue weighted by Crippen LogP contribution is 2.45. The van der Waals surface area contributed by atoms with Crippen LogP contribution < -0.4 is 0 Å². The minimum Gasteiger partial charge on any atom is -0.462 e. The van der Waals surface area contributed by atoms with E-state index < -0.39 is 97.5 Å². The van der Waals surface area contributed by atoms with Crippen molar-refractivity contribution in [1.29, 1.82) is 0 Å². The smallest absolute Gasteiger partial charge is 0.462 e. The molecule has 0 rings (SSSR count). The van der Waals surface area contributed by atoms with E-state index in [0.29, 0.717) is 25.7 Å². The van der Waals surface area contributed by atoms with Gasteiger partial charge >= 0.3 is 39.5 Å². The molecule has 3 N–H and O–H groups in total. The van der Waals surface area contributed by atoms with E-state index in [-0.39, 0.29) is 25.7 Å². The maximum atomic E-state index is 13.1. The summed E-state index contributed by atoms with van der Waals surface area (Å²) in [6.45, 7) is 9.63. The largest absolute Gasteiger partial charge is 0.472 e. The Balaban J connectivity index is 5.22. The molecule has 0 aromatic rings. The first-order valence-corrected chi connectivity index (χ1v) is 45.5. The summed E-state index contributed by atoms with van der Waals surface area (Å²) in [6.07, 6.45) is 63.9. The molecule has 0 heterocycles. The average Bonchev–Trinajstić information content (AvgIpc) is 1.33. The zero-order chi connectivity index (χ0) is 74.2. The Morgan fingerprint density at radius 2 is 0.505 bits per heavy atom. The summed E-state index contributed by atoms with van der Waals surface area (Å²) in [4.78, 5) is 73.1. The van der Waals surface area contributed by atoms with E-state index >= 15 is 0 Å². The van der Waals surface area contributed by atoms with Crippen LogP contribution in [0.25, 0.3) is 0 Å². The van der Waals surface area contributed by atoms with Crippen molar-refractivity contribution in [3.05, 3.63) is 0 Å². The van der Waals surface area contributed by atoms with Gasteiger partial charge in [-0.15, -0.1) is 0 Å². The van der Waals surface area contributed by atoms with Gasteiger partial charge in [-0.2, -0.15) is 0 Å². The highest BCUT2D eigenvalue weighted by molar-refractivity contribution is 7.47. The van der Waals surface area contributed by atoms with E-state index in [4.69, 9.17) is 37.0 Å². The zero-order valence-electron chi connectivity index (χ0n) is 66.2. The molecule has 17 nitrogen and oxygen atoms in total. The first-order chi connectivity index (χ1) is 48.9. The van der Waals surface area contributed by atoms with Gasteiger partial charge in [0, 0.05) is 25.7 Å². The summed E-state index contributed by atoms with van der Waals surface area (Å²) in [5, 5.41) is 10.6. The normalized spacial score (nSPS) is 14.2. The van der Waals surface area contributed by atoms with Gasteiger partial charge in [0.1, 0.15) is 19.3 Å². The molecular formula is C82H160O17P2. The van der Waals surface area contributed by atoms with Gasteiger partial charge in [-0.05, 0) is 37.5 Å². The SMILES string of the molecule is CCCCCCCCCCCCCCCCCCCCCCCCC(=O)O[C@H](COC(=O)CCCCCCCCCCCCCCCC)COP(=O)(O)OC[C@@H](O)COP(=O)(O)OC[C@@H](COC(=O)CCCCCCCCCCC(C)CC)OC(=O)CCCCCCCCCCCCC(C)C. The quantitative estimate of drug-likeness (QED) is 0.0222. The summed E-state index contributed by atoms with van der Waals surface area (Å²) < 4.78 is 68.7. The second kappa shape index (κ2) is 73.6. The Hall–Kier alpha value is -1.94.